The number of carbonyl (C=O) groups is 4. The Balaban J connectivity index is 1.82. The van der Waals surface area contributed by atoms with Crippen LogP contribution in [0.3, 0.4) is 0 Å². The molecule has 0 fully saturated rings. The third-order valence-electron chi connectivity index (χ3n) is 5.83. The van der Waals surface area contributed by atoms with Crippen molar-refractivity contribution < 1.29 is 28.7 Å². The van der Waals surface area contributed by atoms with E-state index in [2.05, 4.69) is 9.97 Å². The number of aromatic nitrogens is 2. The Bertz CT molecular complexity index is 1480. The van der Waals surface area contributed by atoms with Crippen molar-refractivity contribution >= 4 is 67.2 Å². The van der Waals surface area contributed by atoms with Crippen LogP contribution in [0, 0.1) is 0 Å². The summed E-state index contributed by atoms with van der Waals surface area (Å²) in [5.41, 5.74) is 2.05. The minimum absolute atomic E-state index is 0.206. The van der Waals surface area contributed by atoms with Crippen LogP contribution in [0.5, 0.6) is 0 Å². The van der Waals surface area contributed by atoms with Crippen LogP contribution < -0.4 is 0 Å². The van der Waals surface area contributed by atoms with Crippen LogP contribution >= 0.6 is 0 Å². The van der Waals surface area contributed by atoms with E-state index in [4.69, 9.17) is 9.47 Å². The van der Waals surface area contributed by atoms with Crippen LogP contribution in [0.15, 0.2) is 36.7 Å². The molecule has 0 aliphatic carbocycles. The monoisotopic (exact) mass is 394 g/mol. The number of esters is 4. The average molecular weight is 394 g/mol. The Labute approximate surface area is 165 Å². The zero-order valence-electron chi connectivity index (χ0n) is 14.8. The predicted molar refractivity (Wildman–Crippen MR) is 103 cm³/mol. The standard InChI is InChI=1S/C22H6N2O6/c25-19-9-3-1-7-15-13(9)11(21(27)29-19)6-24-18(15)8-2-4-10-14-12(22(28)30-20(10)26)5-23-17(7)16(8)14/h1-6H. The number of benzene rings is 3. The first-order chi connectivity index (χ1) is 14.5. The molecule has 30 heavy (non-hydrogen) atoms. The Hall–Kier alpha value is -4.46. The maximum atomic E-state index is 12.3. The lowest BCUT2D eigenvalue weighted by Crippen LogP contribution is -2.21. The van der Waals surface area contributed by atoms with Gasteiger partial charge in [-0.15, -0.1) is 0 Å². The number of pyridine rings is 2. The third-order valence-corrected chi connectivity index (χ3v) is 5.83. The summed E-state index contributed by atoms with van der Waals surface area (Å²) in [5, 5.41) is 3.47. The van der Waals surface area contributed by atoms with Crippen molar-refractivity contribution in [3.63, 3.8) is 0 Å². The largest absolute Gasteiger partial charge is 0.386 e. The molecule has 3 aromatic carbocycles. The minimum atomic E-state index is -0.749. The average Bonchev–Trinajstić information content (AvgIpc) is 2.74. The second-order valence-corrected chi connectivity index (χ2v) is 7.22. The summed E-state index contributed by atoms with van der Waals surface area (Å²) >= 11 is 0. The summed E-state index contributed by atoms with van der Waals surface area (Å²) in [4.78, 5) is 58.1. The summed E-state index contributed by atoms with van der Waals surface area (Å²) in [7, 11) is 0. The molecule has 0 saturated carbocycles. The number of rotatable bonds is 0. The smallest absolute Gasteiger partial charge is 0.348 e. The van der Waals surface area contributed by atoms with Crippen molar-refractivity contribution in [2.75, 3.05) is 0 Å². The first kappa shape index (κ1) is 15.5. The highest BCUT2D eigenvalue weighted by molar-refractivity contribution is 6.38. The zero-order valence-corrected chi connectivity index (χ0v) is 14.8. The Morgan fingerprint density at radius 3 is 1.33 bits per heavy atom. The molecule has 2 aliphatic rings. The van der Waals surface area contributed by atoms with Gasteiger partial charge in [0.05, 0.1) is 33.3 Å². The molecule has 140 valence electrons. The van der Waals surface area contributed by atoms with E-state index in [0.717, 1.165) is 0 Å². The molecule has 0 unspecified atom stereocenters. The maximum absolute atomic E-state index is 12.3. The van der Waals surface area contributed by atoms with Crippen molar-refractivity contribution in [3.05, 3.63) is 58.9 Å². The number of hydrogen-bond acceptors (Lipinski definition) is 8. The van der Waals surface area contributed by atoms with Crippen molar-refractivity contribution in [3.8, 4) is 0 Å². The van der Waals surface area contributed by atoms with E-state index >= 15 is 0 Å². The van der Waals surface area contributed by atoms with E-state index < -0.39 is 23.9 Å². The molecule has 0 N–H and O–H groups in total. The van der Waals surface area contributed by atoms with Crippen molar-refractivity contribution in [2.45, 2.75) is 0 Å². The molecule has 5 aromatic rings. The molecule has 0 spiro atoms. The van der Waals surface area contributed by atoms with Gasteiger partial charge in [-0.1, -0.05) is 12.1 Å². The summed E-state index contributed by atoms with van der Waals surface area (Å²) in [6, 6.07) is 6.60. The summed E-state index contributed by atoms with van der Waals surface area (Å²) in [6.45, 7) is 0. The molecule has 0 bridgehead atoms. The van der Waals surface area contributed by atoms with Crippen LogP contribution in [-0.2, 0) is 9.47 Å². The van der Waals surface area contributed by atoms with Gasteiger partial charge in [-0.25, -0.2) is 19.2 Å². The van der Waals surface area contributed by atoms with Gasteiger partial charge in [0.1, 0.15) is 0 Å². The van der Waals surface area contributed by atoms with Crippen molar-refractivity contribution in [1.29, 1.82) is 0 Å². The fourth-order valence-electron chi connectivity index (χ4n) is 4.61. The normalized spacial score (nSPS) is 15.5. The summed E-state index contributed by atoms with van der Waals surface area (Å²) < 4.78 is 9.63. The fraction of sp³-hybridized carbons (Fsp3) is 0. The number of cyclic esters (lactones) is 4. The number of hydrogen-bond donors (Lipinski definition) is 0. The topological polar surface area (TPSA) is 113 Å². The van der Waals surface area contributed by atoms with Gasteiger partial charge in [0, 0.05) is 44.7 Å². The van der Waals surface area contributed by atoms with E-state index in [0.29, 0.717) is 43.4 Å². The van der Waals surface area contributed by atoms with Gasteiger partial charge in [-0.2, -0.15) is 0 Å². The first-order valence-corrected chi connectivity index (χ1v) is 9.00. The zero-order chi connectivity index (χ0) is 20.3. The van der Waals surface area contributed by atoms with E-state index in [1.807, 2.05) is 0 Å². The summed E-state index contributed by atoms with van der Waals surface area (Å²) in [6.07, 6.45) is 2.76. The molecule has 0 amide bonds. The minimum Gasteiger partial charge on any atom is -0.386 e. The molecule has 0 radical (unpaired) electrons. The molecule has 7 rings (SSSR count). The van der Waals surface area contributed by atoms with Gasteiger partial charge >= 0.3 is 23.9 Å². The van der Waals surface area contributed by atoms with Crippen LogP contribution in [0.4, 0.5) is 0 Å². The number of carbonyl (C=O) groups excluding carboxylic acids is 4. The van der Waals surface area contributed by atoms with Crippen molar-refractivity contribution in [2.24, 2.45) is 0 Å². The molecule has 0 saturated heterocycles. The van der Waals surface area contributed by atoms with E-state index in [1.165, 1.54) is 12.4 Å². The molecule has 2 aromatic heterocycles. The van der Waals surface area contributed by atoms with Gasteiger partial charge in [-0.05, 0) is 12.1 Å². The second kappa shape index (κ2) is 4.74. The lowest BCUT2D eigenvalue weighted by atomic mass is 9.88. The molecule has 2 aliphatic heterocycles. The Kier molecular flexibility index (Phi) is 2.44. The van der Waals surface area contributed by atoms with E-state index in [9.17, 15) is 19.2 Å². The van der Waals surface area contributed by atoms with Gasteiger partial charge in [0.15, 0.2) is 0 Å². The van der Waals surface area contributed by atoms with Crippen LogP contribution in [0.25, 0.3) is 43.4 Å². The van der Waals surface area contributed by atoms with E-state index in [-0.39, 0.29) is 22.3 Å². The number of nitrogens with zero attached hydrogens (tertiary/aromatic N) is 2. The molecule has 8 nitrogen and oxygen atoms in total. The first-order valence-electron chi connectivity index (χ1n) is 9.00. The van der Waals surface area contributed by atoms with Gasteiger partial charge in [-0.3, -0.25) is 9.97 Å². The lowest BCUT2D eigenvalue weighted by molar-refractivity contribution is 0.0373. The molecule has 8 heteroatoms. The van der Waals surface area contributed by atoms with Gasteiger partial charge in [0.25, 0.3) is 0 Å². The number of fused-ring (bicyclic) bond motifs is 2. The number of ether oxygens (including phenoxy) is 2. The lowest BCUT2D eigenvalue weighted by Gasteiger charge is -2.21. The maximum Gasteiger partial charge on any atom is 0.348 e. The molecular formula is C22H6N2O6. The third kappa shape index (κ3) is 1.56. The van der Waals surface area contributed by atoms with Gasteiger partial charge < -0.3 is 9.47 Å². The van der Waals surface area contributed by atoms with Crippen LogP contribution in [-0.4, -0.2) is 33.8 Å². The van der Waals surface area contributed by atoms with Crippen molar-refractivity contribution in [1.82, 2.24) is 9.97 Å². The SMILES string of the molecule is O=C1OC(=O)c2cnc3c4ccc5c6c(cnc(c7ccc1c2c73)c64)C(=O)OC5=O. The fourth-order valence-corrected chi connectivity index (χ4v) is 4.61. The van der Waals surface area contributed by atoms with Gasteiger partial charge in [0.2, 0.25) is 0 Å². The molecule has 0 atom stereocenters. The highest BCUT2D eigenvalue weighted by Gasteiger charge is 2.33. The quantitative estimate of drug-likeness (QED) is 0.170. The molecule has 4 heterocycles. The predicted octanol–water partition coefficient (Wildman–Crippen LogP) is 3.15. The Morgan fingerprint density at radius 2 is 0.900 bits per heavy atom. The van der Waals surface area contributed by atoms with Crippen LogP contribution in [0.1, 0.15) is 41.4 Å². The van der Waals surface area contributed by atoms with Crippen LogP contribution in [0.2, 0.25) is 0 Å². The Morgan fingerprint density at radius 1 is 0.500 bits per heavy atom. The highest BCUT2D eigenvalue weighted by atomic mass is 16.6. The van der Waals surface area contributed by atoms with E-state index in [1.54, 1.807) is 24.3 Å². The summed E-state index contributed by atoms with van der Waals surface area (Å²) in [5.74, 6) is -2.93. The second-order valence-electron chi connectivity index (χ2n) is 7.22. The highest BCUT2D eigenvalue weighted by Crippen LogP contribution is 2.43. The molecular weight excluding hydrogens is 388 g/mol.